The van der Waals surface area contributed by atoms with Crippen LogP contribution in [0.3, 0.4) is 0 Å². The van der Waals surface area contributed by atoms with Gasteiger partial charge in [0.2, 0.25) is 5.28 Å². The van der Waals surface area contributed by atoms with Crippen molar-refractivity contribution < 1.29 is 4.79 Å². The number of rotatable bonds is 2. The number of carbonyl (C=O) groups is 1. The van der Waals surface area contributed by atoms with Crippen LogP contribution in [-0.2, 0) is 0 Å². The van der Waals surface area contributed by atoms with Crippen LogP contribution in [-0.4, -0.2) is 20.3 Å². The third kappa shape index (κ3) is 2.00. The smallest absolute Gasteiger partial charge is 0.224 e. The van der Waals surface area contributed by atoms with Gasteiger partial charge in [-0.25, -0.2) is 4.98 Å². The lowest BCUT2D eigenvalue weighted by Crippen LogP contribution is -1.97. The van der Waals surface area contributed by atoms with Crippen molar-refractivity contribution in [1.82, 2.24) is 14.5 Å². The Labute approximate surface area is 114 Å². The van der Waals surface area contributed by atoms with Crippen LogP contribution in [0.5, 0.6) is 0 Å². The Hall–Kier alpha value is -2.20. The van der Waals surface area contributed by atoms with Gasteiger partial charge in [0.25, 0.3) is 0 Å². The molecule has 3 rings (SSSR count). The number of aromatic nitrogens is 3. The Morgan fingerprint density at radius 2 is 2.05 bits per heavy atom. The number of Topliss-reactive ketones (excluding diaryl/α,β-unsaturated/α-hetero) is 1. The second-order valence-electron chi connectivity index (χ2n) is 4.17. The number of benzene rings is 1. The van der Waals surface area contributed by atoms with Gasteiger partial charge in [-0.1, -0.05) is 18.2 Å². The highest BCUT2D eigenvalue weighted by Crippen LogP contribution is 2.24. The molecule has 0 N–H and O–H groups in total. The Morgan fingerprint density at radius 3 is 2.79 bits per heavy atom. The zero-order chi connectivity index (χ0) is 13.4. The van der Waals surface area contributed by atoms with Crippen LogP contribution >= 0.6 is 11.6 Å². The first-order valence-electron chi connectivity index (χ1n) is 5.77. The summed E-state index contributed by atoms with van der Waals surface area (Å²) < 4.78 is 1.85. The summed E-state index contributed by atoms with van der Waals surface area (Å²) in [5, 5.41) is 1.09. The molecule has 0 aliphatic carbocycles. The predicted molar refractivity (Wildman–Crippen MR) is 73.9 cm³/mol. The van der Waals surface area contributed by atoms with E-state index >= 15 is 0 Å². The molecular weight excluding hydrogens is 262 g/mol. The molecule has 0 amide bonds. The maximum Gasteiger partial charge on any atom is 0.224 e. The number of carbonyl (C=O) groups excluding carboxylic acids is 1. The minimum absolute atomic E-state index is 0.0232. The van der Waals surface area contributed by atoms with Gasteiger partial charge in [-0.15, -0.1) is 0 Å². The van der Waals surface area contributed by atoms with Crippen LogP contribution in [0.1, 0.15) is 17.3 Å². The monoisotopic (exact) mass is 271 g/mol. The molecule has 19 heavy (non-hydrogen) atoms. The Kier molecular flexibility index (Phi) is 2.80. The number of para-hydroxylation sites is 1. The van der Waals surface area contributed by atoms with E-state index in [1.807, 2.05) is 28.8 Å². The van der Waals surface area contributed by atoms with Gasteiger partial charge in [0.1, 0.15) is 5.82 Å². The SMILES string of the molecule is CC(=O)c1cn(-c2ccnc(Cl)n2)c2ccccc12. The molecule has 0 bridgehead atoms. The van der Waals surface area contributed by atoms with Crippen LogP contribution in [0.15, 0.2) is 42.7 Å². The maximum atomic E-state index is 11.7. The summed E-state index contributed by atoms with van der Waals surface area (Å²) in [7, 11) is 0. The molecule has 0 aliphatic heterocycles. The van der Waals surface area contributed by atoms with E-state index in [4.69, 9.17) is 11.6 Å². The molecule has 94 valence electrons. The molecule has 0 radical (unpaired) electrons. The highest BCUT2D eigenvalue weighted by Gasteiger charge is 2.13. The molecule has 3 aromatic rings. The van der Waals surface area contributed by atoms with Gasteiger partial charge in [-0.05, 0) is 30.7 Å². The molecule has 0 saturated heterocycles. The first-order chi connectivity index (χ1) is 9.16. The van der Waals surface area contributed by atoms with Crippen molar-refractivity contribution in [2.24, 2.45) is 0 Å². The van der Waals surface area contributed by atoms with Gasteiger partial charge >= 0.3 is 0 Å². The largest absolute Gasteiger partial charge is 0.300 e. The van der Waals surface area contributed by atoms with E-state index in [0.717, 1.165) is 10.9 Å². The number of hydrogen-bond acceptors (Lipinski definition) is 3. The van der Waals surface area contributed by atoms with Crippen LogP contribution < -0.4 is 0 Å². The highest BCUT2D eigenvalue weighted by atomic mass is 35.5. The number of nitrogens with zero attached hydrogens (tertiary/aromatic N) is 3. The molecule has 0 atom stereocenters. The molecule has 1 aromatic carbocycles. The minimum atomic E-state index is 0.0232. The molecule has 4 nitrogen and oxygen atoms in total. The van der Waals surface area contributed by atoms with Gasteiger partial charge in [0.05, 0.1) is 5.52 Å². The summed E-state index contributed by atoms with van der Waals surface area (Å²) >= 11 is 5.81. The van der Waals surface area contributed by atoms with Gasteiger partial charge in [-0.2, -0.15) is 4.98 Å². The van der Waals surface area contributed by atoms with E-state index in [1.165, 1.54) is 0 Å². The maximum absolute atomic E-state index is 11.7. The number of ketones is 1. The lowest BCUT2D eigenvalue weighted by Gasteiger charge is -2.03. The fraction of sp³-hybridized carbons (Fsp3) is 0.0714. The second-order valence-corrected chi connectivity index (χ2v) is 4.51. The van der Waals surface area contributed by atoms with Crippen molar-refractivity contribution in [2.45, 2.75) is 6.92 Å². The summed E-state index contributed by atoms with van der Waals surface area (Å²) in [4.78, 5) is 19.7. The van der Waals surface area contributed by atoms with E-state index in [-0.39, 0.29) is 11.1 Å². The zero-order valence-corrected chi connectivity index (χ0v) is 10.9. The molecule has 0 unspecified atom stereocenters. The van der Waals surface area contributed by atoms with Gasteiger partial charge < -0.3 is 4.57 Å². The van der Waals surface area contributed by atoms with Crippen molar-refractivity contribution in [1.29, 1.82) is 0 Å². The first-order valence-corrected chi connectivity index (χ1v) is 6.14. The molecule has 5 heteroatoms. The Bertz CT molecular complexity index is 779. The third-order valence-electron chi connectivity index (χ3n) is 2.95. The van der Waals surface area contributed by atoms with Crippen molar-refractivity contribution >= 4 is 28.3 Å². The quantitative estimate of drug-likeness (QED) is 0.531. The topological polar surface area (TPSA) is 47.8 Å². The molecule has 2 aromatic heterocycles. The van der Waals surface area contributed by atoms with Crippen LogP contribution in [0.4, 0.5) is 0 Å². The minimum Gasteiger partial charge on any atom is -0.300 e. The Balaban J connectivity index is 2.33. The highest BCUT2D eigenvalue weighted by molar-refractivity contribution is 6.28. The van der Waals surface area contributed by atoms with Crippen molar-refractivity contribution in [3.05, 3.63) is 53.6 Å². The summed E-state index contributed by atoms with van der Waals surface area (Å²) in [6.07, 6.45) is 3.37. The molecule has 2 heterocycles. The van der Waals surface area contributed by atoms with E-state index in [9.17, 15) is 4.79 Å². The Morgan fingerprint density at radius 1 is 1.26 bits per heavy atom. The zero-order valence-electron chi connectivity index (χ0n) is 10.2. The van der Waals surface area contributed by atoms with E-state index in [0.29, 0.717) is 11.4 Å². The lowest BCUT2D eigenvalue weighted by atomic mass is 10.1. The van der Waals surface area contributed by atoms with Gasteiger partial charge in [-0.3, -0.25) is 4.79 Å². The second kappa shape index (κ2) is 4.48. The predicted octanol–water partition coefficient (Wildman–Crippen LogP) is 3.28. The molecule has 0 saturated carbocycles. The average Bonchev–Trinajstić information content (AvgIpc) is 2.78. The number of hydrogen-bond donors (Lipinski definition) is 0. The summed E-state index contributed by atoms with van der Waals surface area (Å²) in [6.45, 7) is 1.55. The number of halogens is 1. The summed E-state index contributed by atoms with van der Waals surface area (Å²) in [6, 6.07) is 9.45. The van der Waals surface area contributed by atoms with E-state index < -0.39 is 0 Å². The average molecular weight is 272 g/mol. The third-order valence-corrected chi connectivity index (χ3v) is 3.13. The lowest BCUT2D eigenvalue weighted by molar-refractivity contribution is 0.101. The summed E-state index contributed by atoms with van der Waals surface area (Å²) in [5.41, 5.74) is 1.59. The molecule has 0 spiro atoms. The fourth-order valence-electron chi connectivity index (χ4n) is 2.11. The first kappa shape index (κ1) is 11.9. The van der Waals surface area contributed by atoms with E-state index in [2.05, 4.69) is 9.97 Å². The van der Waals surface area contributed by atoms with Crippen molar-refractivity contribution in [2.75, 3.05) is 0 Å². The summed E-state index contributed by atoms with van der Waals surface area (Å²) in [5.74, 6) is 0.666. The molecular formula is C14H10ClN3O. The normalized spacial score (nSPS) is 10.8. The van der Waals surface area contributed by atoms with Gasteiger partial charge in [0.15, 0.2) is 5.78 Å². The molecule has 0 aliphatic rings. The van der Waals surface area contributed by atoms with Crippen molar-refractivity contribution in [3.63, 3.8) is 0 Å². The van der Waals surface area contributed by atoms with Crippen LogP contribution in [0, 0.1) is 0 Å². The standard InChI is InChI=1S/C14H10ClN3O/c1-9(19)11-8-18(12-5-3-2-4-10(11)12)13-6-7-16-14(15)17-13/h2-8H,1H3. The fourth-order valence-corrected chi connectivity index (χ4v) is 2.25. The molecule has 0 fully saturated rings. The number of fused-ring (bicyclic) bond motifs is 1. The van der Waals surface area contributed by atoms with Gasteiger partial charge in [0, 0.05) is 23.3 Å². The van der Waals surface area contributed by atoms with E-state index in [1.54, 1.807) is 25.4 Å². The van der Waals surface area contributed by atoms with Crippen LogP contribution in [0.2, 0.25) is 5.28 Å². The van der Waals surface area contributed by atoms with Crippen LogP contribution in [0.25, 0.3) is 16.7 Å². The van der Waals surface area contributed by atoms with Crippen molar-refractivity contribution in [3.8, 4) is 5.82 Å².